The third kappa shape index (κ3) is 4.45. The molecule has 1 saturated heterocycles. The first kappa shape index (κ1) is 16.7. The molecule has 0 atom stereocenters. The molecule has 0 N–H and O–H groups in total. The molecule has 0 aliphatic carbocycles. The molecule has 0 spiro atoms. The van der Waals surface area contributed by atoms with Crippen LogP contribution >= 0.6 is 0 Å². The first-order valence-electron chi connectivity index (χ1n) is 8.71. The monoisotopic (exact) mass is 322 g/mol. The number of hydrogen-bond acceptors (Lipinski definition) is 2. The van der Waals surface area contributed by atoms with Crippen molar-refractivity contribution in [2.45, 2.75) is 26.8 Å². The van der Waals surface area contributed by atoms with Crippen molar-refractivity contribution in [3.63, 3.8) is 0 Å². The first-order valence-corrected chi connectivity index (χ1v) is 8.71. The van der Waals surface area contributed by atoms with Gasteiger partial charge >= 0.3 is 0 Å². The molecule has 1 fully saturated rings. The maximum atomic E-state index is 12.5. The fourth-order valence-corrected chi connectivity index (χ4v) is 3.33. The van der Waals surface area contributed by atoms with E-state index in [1.165, 1.54) is 16.7 Å². The van der Waals surface area contributed by atoms with Gasteiger partial charge in [-0.1, -0.05) is 59.7 Å². The molecule has 24 heavy (non-hydrogen) atoms. The molecule has 3 heteroatoms. The summed E-state index contributed by atoms with van der Waals surface area (Å²) in [5, 5.41) is 0. The maximum Gasteiger partial charge on any atom is 0.227 e. The lowest BCUT2D eigenvalue weighted by Gasteiger charge is -2.35. The Labute approximate surface area is 144 Å². The number of nitrogens with zero attached hydrogens (tertiary/aromatic N) is 2. The van der Waals surface area contributed by atoms with Crippen molar-refractivity contribution in [3.8, 4) is 0 Å². The van der Waals surface area contributed by atoms with E-state index in [2.05, 4.69) is 55.1 Å². The normalized spacial score (nSPS) is 15.5. The van der Waals surface area contributed by atoms with Crippen molar-refractivity contribution in [1.29, 1.82) is 0 Å². The summed E-state index contributed by atoms with van der Waals surface area (Å²) < 4.78 is 0. The zero-order chi connectivity index (χ0) is 16.9. The Kier molecular flexibility index (Phi) is 5.31. The van der Waals surface area contributed by atoms with E-state index >= 15 is 0 Å². The van der Waals surface area contributed by atoms with Gasteiger partial charge in [-0.25, -0.2) is 0 Å². The highest BCUT2D eigenvalue weighted by molar-refractivity contribution is 5.79. The van der Waals surface area contributed by atoms with E-state index in [4.69, 9.17) is 0 Å². The van der Waals surface area contributed by atoms with Crippen LogP contribution in [-0.4, -0.2) is 41.9 Å². The lowest BCUT2D eigenvalue weighted by Crippen LogP contribution is -2.48. The molecule has 1 heterocycles. The van der Waals surface area contributed by atoms with Gasteiger partial charge in [0, 0.05) is 32.7 Å². The van der Waals surface area contributed by atoms with Crippen LogP contribution in [0.4, 0.5) is 0 Å². The standard InChI is InChI=1S/C21H26N2O/c1-17-5-3-7-19(13-17)15-21(24)23-11-9-22(10-12-23)16-20-8-4-6-18(2)14-20/h3-8,13-14H,9-12,15-16H2,1-2H3. The van der Waals surface area contributed by atoms with Gasteiger partial charge in [-0.05, 0) is 25.0 Å². The van der Waals surface area contributed by atoms with Crippen molar-refractivity contribution in [1.82, 2.24) is 9.80 Å². The van der Waals surface area contributed by atoms with Crippen LogP contribution in [0.2, 0.25) is 0 Å². The van der Waals surface area contributed by atoms with Crippen LogP contribution in [0.15, 0.2) is 48.5 Å². The third-order valence-corrected chi connectivity index (χ3v) is 4.65. The highest BCUT2D eigenvalue weighted by atomic mass is 16.2. The molecular formula is C21H26N2O. The largest absolute Gasteiger partial charge is 0.340 e. The van der Waals surface area contributed by atoms with Crippen molar-refractivity contribution >= 4 is 5.91 Å². The number of hydrogen-bond donors (Lipinski definition) is 0. The Morgan fingerprint density at radius 3 is 2.08 bits per heavy atom. The summed E-state index contributed by atoms with van der Waals surface area (Å²) in [4.78, 5) is 16.9. The summed E-state index contributed by atoms with van der Waals surface area (Å²) in [7, 11) is 0. The molecule has 3 nitrogen and oxygen atoms in total. The molecule has 1 amide bonds. The predicted molar refractivity (Wildman–Crippen MR) is 97.9 cm³/mol. The highest BCUT2D eigenvalue weighted by Gasteiger charge is 2.21. The number of benzene rings is 2. The van der Waals surface area contributed by atoms with E-state index in [9.17, 15) is 4.79 Å². The molecule has 0 aromatic heterocycles. The molecular weight excluding hydrogens is 296 g/mol. The average molecular weight is 322 g/mol. The van der Waals surface area contributed by atoms with E-state index < -0.39 is 0 Å². The minimum Gasteiger partial charge on any atom is -0.340 e. The first-order chi connectivity index (χ1) is 11.6. The summed E-state index contributed by atoms with van der Waals surface area (Å²) in [5.74, 6) is 0.246. The molecule has 3 rings (SSSR count). The second kappa shape index (κ2) is 7.63. The van der Waals surface area contributed by atoms with Gasteiger partial charge in [-0.3, -0.25) is 9.69 Å². The summed E-state index contributed by atoms with van der Waals surface area (Å²) in [6.45, 7) is 8.74. The van der Waals surface area contributed by atoms with Crippen LogP contribution in [0.25, 0.3) is 0 Å². The van der Waals surface area contributed by atoms with Gasteiger partial charge in [0.25, 0.3) is 0 Å². The Hall–Kier alpha value is -2.13. The van der Waals surface area contributed by atoms with Crippen molar-refractivity contribution in [3.05, 3.63) is 70.8 Å². The second-order valence-corrected chi connectivity index (χ2v) is 6.81. The van der Waals surface area contributed by atoms with Gasteiger partial charge in [0.15, 0.2) is 0 Å². The van der Waals surface area contributed by atoms with Gasteiger partial charge < -0.3 is 4.90 Å². The summed E-state index contributed by atoms with van der Waals surface area (Å²) in [6.07, 6.45) is 0.513. The molecule has 0 saturated carbocycles. The van der Waals surface area contributed by atoms with E-state index in [-0.39, 0.29) is 5.91 Å². The van der Waals surface area contributed by atoms with Crippen LogP contribution < -0.4 is 0 Å². The zero-order valence-corrected chi connectivity index (χ0v) is 14.7. The molecule has 0 unspecified atom stereocenters. The number of carbonyl (C=O) groups excluding carboxylic acids is 1. The van der Waals surface area contributed by atoms with Gasteiger partial charge in [0.2, 0.25) is 5.91 Å². The molecule has 0 bridgehead atoms. The average Bonchev–Trinajstić information content (AvgIpc) is 2.55. The smallest absolute Gasteiger partial charge is 0.227 e. The van der Waals surface area contributed by atoms with Gasteiger partial charge in [0.1, 0.15) is 0 Å². The summed E-state index contributed by atoms with van der Waals surface area (Å²) >= 11 is 0. The van der Waals surface area contributed by atoms with Crippen molar-refractivity contribution in [2.75, 3.05) is 26.2 Å². The SMILES string of the molecule is Cc1cccc(CC(=O)N2CCN(Cc3cccc(C)c3)CC2)c1. The van der Waals surface area contributed by atoms with Crippen LogP contribution in [0.5, 0.6) is 0 Å². The molecule has 0 radical (unpaired) electrons. The molecule has 126 valence electrons. The van der Waals surface area contributed by atoms with Crippen LogP contribution in [0.1, 0.15) is 22.3 Å². The number of rotatable bonds is 4. The maximum absolute atomic E-state index is 12.5. The van der Waals surface area contributed by atoms with Gasteiger partial charge in [-0.15, -0.1) is 0 Å². The number of carbonyl (C=O) groups is 1. The highest BCUT2D eigenvalue weighted by Crippen LogP contribution is 2.12. The van der Waals surface area contributed by atoms with Crippen LogP contribution in [0, 0.1) is 13.8 Å². The summed E-state index contributed by atoms with van der Waals surface area (Å²) in [5.41, 5.74) is 4.99. The minimum atomic E-state index is 0.246. The zero-order valence-electron chi connectivity index (χ0n) is 14.7. The number of aryl methyl sites for hydroxylation is 2. The molecule has 1 aliphatic rings. The van der Waals surface area contributed by atoms with E-state index in [1.54, 1.807) is 0 Å². The fraction of sp³-hybridized carbons (Fsp3) is 0.381. The lowest BCUT2D eigenvalue weighted by atomic mass is 10.1. The van der Waals surface area contributed by atoms with E-state index in [0.29, 0.717) is 6.42 Å². The Morgan fingerprint density at radius 1 is 0.875 bits per heavy atom. The van der Waals surface area contributed by atoms with Crippen molar-refractivity contribution < 1.29 is 4.79 Å². The van der Waals surface area contributed by atoms with E-state index in [0.717, 1.165) is 38.3 Å². The third-order valence-electron chi connectivity index (χ3n) is 4.65. The topological polar surface area (TPSA) is 23.6 Å². The Balaban J connectivity index is 1.50. The predicted octanol–water partition coefficient (Wildman–Crippen LogP) is 3.19. The fourth-order valence-electron chi connectivity index (χ4n) is 3.33. The van der Waals surface area contributed by atoms with Crippen LogP contribution in [-0.2, 0) is 17.8 Å². The van der Waals surface area contributed by atoms with Crippen molar-refractivity contribution in [2.24, 2.45) is 0 Å². The summed E-state index contributed by atoms with van der Waals surface area (Å²) in [6, 6.07) is 16.9. The Morgan fingerprint density at radius 2 is 1.46 bits per heavy atom. The van der Waals surface area contributed by atoms with Gasteiger partial charge in [0.05, 0.1) is 6.42 Å². The quantitative estimate of drug-likeness (QED) is 0.863. The Bertz CT molecular complexity index is 702. The van der Waals surface area contributed by atoms with Gasteiger partial charge in [-0.2, -0.15) is 0 Å². The second-order valence-electron chi connectivity index (χ2n) is 6.81. The molecule has 1 aliphatic heterocycles. The number of amides is 1. The molecule has 2 aromatic rings. The van der Waals surface area contributed by atoms with Crippen LogP contribution in [0.3, 0.4) is 0 Å². The molecule has 2 aromatic carbocycles. The lowest BCUT2D eigenvalue weighted by molar-refractivity contribution is -0.132. The minimum absolute atomic E-state index is 0.246. The number of piperazine rings is 1. The van der Waals surface area contributed by atoms with E-state index in [1.807, 2.05) is 17.0 Å².